The maximum atomic E-state index is 12.6. The summed E-state index contributed by atoms with van der Waals surface area (Å²) < 4.78 is 36.5. The second-order valence-corrected chi connectivity index (χ2v) is 8.87. The predicted molar refractivity (Wildman–Crippen MR) is 114 cm³/mol. The monoisotopic (exact) mass is 420 g/mol. The van der Waals surface area contributed by atoms with E-state index in [1.165, 1.54) is 0 Å². The molecule has 2 aromatic rings. The van der Waals surface area contributed by atoms with Crippen LogP contribution < -0.4 is 19.1 Å². The highest BCUT2D eigenvalue weighted by Gasteiger charge is 2.22. The molecule has 158 valence electrons. The summed E-state index contributed by atoms with van der Waals surface area (Å²) in [6.07, 6.45) is 1.08. The lowest BCUT2D eigenvalue weighted by molar-refractivity contribution is -0.120. The van der Waals surface area contributed by atoms with Crippen molar-refractivity contribution in [3.05, 3.63) is 54.1 Å². The van der Waals surface area contributed by atoms with E-state index in [4.69, 9.17) is 9.47 Å². The third kappa shape index (κ3) is 6.39. The number of hydrogen-bond acceptors (Lipinski definition) is 5. The zero-order valence-corrected chi connectivity index (χ0v) is 18.2. The van der Waals surface area contributed by atoms with Crippen LogP contribution in [-0.4, -0.2) is 40.3 Å². The van der Waals surface area contributed by atoms with E-state index in [0.29, 0.717) is 17.2 Å². The number of sulfonamides is 1. The van der Waals surface area contributed by atoms with E-state index in [1.807, 2.05) is 45.0 Å². The van der Waals surface area contributed by atoms with Gasteiger partial charge in [0.25, 0.3) is 0 Å². The van der Waals surface area contributed by atoms with Crippen molar-refractivity contribution < 1.29 is 22.7 Å². The molecule has 0 spiro atoms. The molecule has 0 fully saturated rings. The second kappa shape index (κ2) is 9.65. The summed E-state index contributed by atoms with van der Waals surface area (Å²) in [5, 5.41) is 2.83. The van der Waals surface area contributed by atoms with Gasteiger partial charge in [-0.25, -0.2) is 8.42 Å². The first kappa shape index (κ1) is 22.5. The second-order valence-electron chi connectivity index (χ2n) is 6.96. The van der Waals surface area contributed by atoms with Gasteiger partial charge in [-0.05, 0) is 51.1 Å². The lowest BCUT2D eigenvalue weighted by Crippen LogP contribution is -2.41. The molecule has 0 saturated carbocycles. The van der Waals surface area contributed by atoms with Crippen LogP contribution in [-0.2, 0) is 14.8 Å². The van der Waals surface area contributed by atoms with Crippen LogP contribution in [0.15, 0.2) is 48.5 Å². The zero-order valence-electron chi connectivity index (χ0n) is 17.4. The number of methoxy groups -OCH3 is 1. The largest absolute Gasteiger partial charge is 0.496 e. The van der Waals surface area contributed by atoms with Gasteiger partial charge in [0.05, 0.1) is 31.2 Å². The molecule has 0 aliphatic rings. The van der Waals surface area contributed by atoms with Gasteiger partial charge in [0, 0.05) is 5.56 Å². The molecule has 7 nitrogen and oxygen atoms in total. The molecule has 0 aliphatic heterocycles. The van der Waals surface area contributed by atoms with E-state index in [2.05, 4.69) is 5.32 Å². The molecule has 8 heteroatoms. The van der Waals surface area contributed by atoms with E-state index in [1.54, 1.807) is 31.4 Å². The molecule has 0 unspecified atom stereocenters. The molecule has 2 rings (SSSR count). The predicted octanol–water partition coefficient (Wildman–Crippen LogP) is 3.13. The van der Waals surface area contributed by atoms with Crippen LogP contribution in [0.25, 0.3) is 0 Å². The number of anilines is 1. The van der Waals surface area contributed by atoms with Crippen molar-refractivity contribution in [2.75, 3.05) is 24.2 Å². The molecular formula is C21H28N2O5S. The minimum atomic E-state index is -3.66. The fraction of sp³-hybridized carbons (Fsp3) is 0.381. The Labute approximate surface area is 172 Å². The Morgan fingerprint density at radius 3 is 2.24 bits per heavy atom. The van der Waals surface area contributed by atoms with Crippen LogP contribution in [0.5, 0.6) is 11.5 Å². The number of carbonyl (C=O) groups excluding carboxylic acids is 1. The van der Waals surface area contributed by atoms with Gasteiger partial charge in [-0.2, -0.15) is 0 Å². The van der Waals surface area contributed by atoms with Crippen molar-refractivity contribution in [1.82, 2.24) is 5.32 Å². The van der Waals surface area contributed by atoms with Gasteiger partial charge in [0.2, 0.25) is 15.9 Å². The molecule has 0 saturated heterocycles. The molecule has 1 amide bonds. The Bertz CT molecular complexity index is 926. The summed E-state index contributed by atoms with van der Waals surface area (Å²) in [6, 6.07) is 13.6. The van der Waals surface area contributed by atoms with Crippen molar-refractivity contribution in [3.8, 4) is 11.5 Å². The molecule has 2 aromatic carbocycles. The van der Waals surface area contributed by atoms with Crippen molar-refractivity contribution >= 4 is 21.6 Å². The number of nitrogens with one attached hydrogen (secondary N) is 1. The Morgan fingerprint density at radius 1 is 1.07 bits per heavy atom. The van der Waals surface area contributed by atoms with Gasteiger partial charge in [-0.3, -0.25) is 9.10 Å². The number of rotatable bonds is 9. The molecule has 1 atom stereocenters. The fourth-order valence-electron chi connectivity index (χ4n) is 2.88. The average molecular weight is 421 g/mol. The van der Waals surface area contributed by atoms with Gasteiger partial charge in [-0.1, -0.05) is 18.2 Å². The number of carbonyl (C=O) groups is 1. The fourth-order valence-corrected chi connectivity index (χ4v) is 3.74. The highest BCUT2D eigenvalue weighted by Crippen LogP contribution is 2.25. The number of para-hydroxylation sites is 1. The average Bonchev–Trinajstić information content (AvgIpc) is 2.65. The molecule has 0 radical (unpaired) electrons. The van der Waals surface area contributed by atoms with Crippen molar-refractivity contribution in [1.29, 1.82) is 0 Å². The quantitative estimate of drug-likeness (QED) is 0.674. The van der Waals surface area contributed by atoms with Crippen LogP contribution in [0.1, 0.15) is 32.4 Å². The molecule has 0 aromatic heterocycles. The Balaban J connectivity index is 2.15. The summed E-state index contributed by atoms with van der Waals surface area (Å²) in [5.41, 5.74) is 1.20. The third-order valence-corrected chi connectivity index (χ3v) is 5.31. The zero-order chi connectivity index (χ0) is 21.6. The van der Waals surface area contributed by atoms with Crippen LogP contribution in [0.2, 0.25) is 0 Å². The van der Waals surface area contributed by atoms with Crippen molar-refractivity contribution in [2.24, 2.45) is 0 Å². The highest BCUT2D eigenvalue weighted by atomic mass is 32.2. The van der Waals surface area contributed by atoms with Gasteiger partial charge in [-0.15, -0.1) is 0 Å². The summed E-state index contributed by atoms with van der Waals surface area (Å²) in [5.74, 6) is 0.865. The number of nitrogens with zero attached hydrogens (tertiary/aromatic N) is 1. The van der Waals surface area contributed by atoms with Crippen molar-refractivity contribution in [2.45, 2.75) is 32.9 Å². The topological polar surface area (TPSA) is 84.9 Å². The minimum absolute atomic E-state index is 0.00843. The number of amides is 1. The summed E-state index contributed by atoms with van der Waals surface area (Å²) in [6.45, 7) is 5.30. The minimum Gasteiger partial charge on any atom is -0.496 e. The lowest BCUT2D eigenvalue weighted by atomic mass is 10.1. The van der Waals surface area contributed by atoms with Gasteiger partial charge in [0.15, 0.2) is 0 Å². The standard InChI is InChI=1S/C21H28N2O5S/c1-15(2)28-18-12-10-17(11-13-18)23(29(5,25)26)14-21(24)22-16(3)19-8-6-7-9-20(19)27-4/h6-13,15-16H,14H2,1-5H3,(H,22,24)/t16-/m1/s1. The molecule has 29 heavy (non-hydrogen) atoms. The first-order chi connectivity index (χ1) is 13.6. The molecular weight excluding hydrogens is 392 g/mol. The SMILES string of the molecule is COc1ccccc1[C@@H](C)NC(=O)CN(c1ccc(OC(C)C)cc1)S(C)(=O)=O. The maximum Gasteiger partial charge on any atom is 0.241 e. The number of hydrogen-bond donors (Lipinski definition) is 1. The van der Waals surface area contributed by atoms with Gasteiger partial charge in [0.1, 0.15) is 18.0 Å². The van der Waals surface area contributed by atoms with Crippen LogP contribution in [0.4, 0.5) is 5.69 Å². The first-order valence-electron chi connectivity index (χ1n) is 9.28. The third-order valence-electron chi connectivity index (χ3n) is 4.17. The van der Waals surface area contributed by atoms with Crippen molar-refractivity contribution in [3.63, 3.8) is 0 Å². The summed E-state index contributed by atoms with van der Waals surface area (Å²) >= 11 is 0. The van der Waals surface area contributed by atoms with E-state index in [-0.39, 0.29) is 18.7 Å². The van der Waals surface area contributed by atoms with Gasteiger partial charge >= 0.3 is 0 Å². The summed E-state index contributed by atoms with van der Waals surface area (Å²) in [7, 11) is -2.09. The Morgan fingerprint density at radius 2 is 1.69 bits per heavy atom. The summed E-state index contributed by atoms with van der Waals surface area (Å²) in [4.78, 5) is 12.6. The molecule has 0 heterocycles. The smallest absolute Gasteiger partial charge is 0.241 e. The van der Waals surface area contributed by atoms with Gasteiger partial charge < -0.3 is 14.8 Å². The Hall–Kier alpha value is -2.74. The molecule has 0 aliphatic carbocycles. The molecule has 0 bridgehead atoms. The molecule has 1 N–H and O–H groups in total. The normalized spacial score (nSPS) is 12.3. The highest BCUT2D eigenvalue weighted by molar-refractivity contribution is 7.92. The maximum absolute atomic E-state index is 12.6. The number of ether oxygens (including phenoxy) is 2. The Kier molecular flexibility index (Phi) is 7.50. The van der Waals surface area contributed by atoms with E-state index in [0.717, 1.165) is 16.1 Å². The van der Waals surface area contributed by atoms with E-state index < -0.39 is 15.9 Å². The van der Waals surface area contributed by atoms with E-state index in [9.17, 15) is 13.2 Å². The first-order valence-corrected chi connectivity index (χ1v) is 11.1. The van der Waals surface area contributed by atoms with Crippen LogP contribution >= 0.6 is 0 Å². The lowest BCUT2D eigenvalue weighted by Gasteiger charge is -2.24. The van der Waals surface area contributed by atoms with E-state index >= 15 is 0 Å². The number of benzene rings is 2. The van der Waals surface area contributed by atoms with Crippen LogP contribution in [0.3, 0.4) is 0 Å². The van der Waals surface area contributed by atoms with Crippen LogP contribution in [0, 0.1) is 0 Å².